The van der Waals surface area contributed by atoms with Crippen LogP contribution in [0.5, 0.6) is 0 Å². The van der Waals surface area contributed by atoms with E-state index in [0.29, 0.717) is 32.7 Å². The first-order valence-corrected chi connectivity index (χ1v) is 8.88. The van der Waals surface area contributed by atoms with Crippen LogP contribution in [0.1, 0.15) is 19.6 Å². The van der Waals surface area contributed by atoms with Crippen LogP contribution >= 0.6 is 23.2 Å². The van der Waals surface area contributed by atoms with E-state index in [0.717, 1.165) is 4.90 Å². The Hall–Kier alpha value is -2.81. The number of likely N-dealkylation sites (N-methyl/N-ethyl adjacent to an activating group) is 1. The lowest BCUT2D eigenvalue weighted by molar-refractivity contribution is -0.140. The third kappa shape index (κ3) is 3.30. The molecule has 0 spiro atoms. The van der Waals surface area contributed by atoms with Crippen LogP contribution in [0.15, 0.2) is 51.5 Å². The average molecular weight is 401 g/mol. The number of benzene rings is 1. The van der Waals surface area contributed by atoms with E-state index >= 15 is 0 Å². The van der Waals surface area contributed by atoms with Crippen LogP contribution in [0.2, 0.25) is 10.0 Å². The van der Waals surface area contributed by atoms with Gasteiger partial charge in [-0.05, 0) is 49.8 Å². The number of hydrogen-bond acceptors (Lipinski definition) is 4. The fourth-order valence-corrected chi connectivity index (χ4v) is 3.22. The Kier molecular flexibility index (Phi) is 5.22. The standard InChI is InChI=1S/C20H14Cl2N2O3/c1-3-24-19(25)14(11(2)15(10-23)20(24)26)9-12-7-8-17(27-12)13-5-4-6-16(21)18(13)22/h4-9H,3H2,1-2H3/b14-9+. The number of carbonyl (C=O) groups is 2. The second kappa shape index (κ2) is 7.43. The molecule has 5 nitrogen and oxygen atoms in total. The first-order valence-electron chi connectivity index (χ1n) is 8.12. The predicted molar refractivity (Wildman–Crippen MR) is 103 cm³/mol. The summed E-state index contributed by atoms with van der Waals surface area (Å²) in [7, 11) is 0. The first kappa shape index (κ1) is 19.0. The Labute approximate surface area is 166 Å². The fraction of sp³-hybridized carbons (Fsp3) is 0.150. The minimum absolute atomic E-state index is 0.0487. The van der Waals surface area contributed by atoms with Crippen molar-refractivity contribution in [3.63, 3.8) is 0 Å². The summed E-state index contributed by atoms with van der Waals surface area (Å²) in [5.41, 5.74) is 1.15. The zero-order chi connectivity index (χ0) is 19.7. The van der Waals surface area contributed by atoms with Gasteiger partial charge in [-0.15, -0.1) is 0 Å². The smallest absolute Gasteiger partial charge is 0.271 e. The maximum atomic E-state index is 12.6. The molecule has 0 saturated carbocycles. The maximum Gasteiger partial charge on any atom is 0.271 e. The second-order valence-corrected chi connectivity index (χ2v) is 6.61. The molecule has 136 valence electrons. The monoisotopic (exact) mass is 400 g/mol. The molecule has 2 heterocycles. The summed E-state index contributed by atoms with van der Waals surface area (Å²) in [6.07, 6.45) is 1.52. The van der Waals surface area contributed by atoms with Gasteiger partial charge in [0, 0.05) is 17.7 Å². The highest BCUT2D eigenvalue weighted by atomic mass is 35.5. The van der Waals surface area contributed by atoms with E-state index < -0.39 is 11.8 Å². The number of nitriles is 1. The third-order valence-corrected chi connectivity index (χ3v) is 5.09. The van der Waals surface area contributed by atoms with E-state index in [2.05, 4.69) is 0 Å². The Morgan fingerprint density at radius 3 is 2.59 bits per heavy atom. The van der Waals surface area contributed by atoms with E-state index in [4.69, 9.17) is 27.6 Å². The van der Waals surface area contributed by atoms with Gasteiger partial charge in [0.15, 0.2) is 0 Å². The Balaban J connectivity index is 2.07. The van der Waals surface area contributed by atoms with Crippen LogP contribution in [0.4, 0.5) is 0 Å². The Morgan fingerprint density at radius 2 is 1.93 bits per heavy atom. The molecule has 0 bridgehead atoms. The summed E-state index contributed by atoms with van der Waals surface area (Å²) in [6.45, 7) is 3.43. The van der Waals surface area contributed by atoms with Crippen molar-refractivity contribution in [2.45, 2.75) is 13.8 Å². The van der Waals surface area contributed by atoms with Gasteiger partial charge in [-0.3, -0.25) is 14.5 Å². The maximum absolute atomic E-state index is 12.6. The molecule has 2 amide bonds. The molecule has 7 heteroatoms. The molecular weight excluding hydrogens is 387 g/mol. The second-order valence-electron chi connectivity index (χ2n) is 5.83. The molecule has 1 aliphatic heterocycles. The van der Waals surface area contributed by atoms with Gasteiger partial charge in [-0.2, -0.15) is 5.26 Å². The molecule has 0 unspecified atom stereocenters. The van der Waals surface area contributed by atoms with Crippen LogP contribution in [-0.2, 0) is 9.59 Å². The van der Waals surface area contributed by atoms with E-state index in [-0.39, 0.29) is 17.7 Å². The predicted octanol–water partition coefficient (Wildman–Crippen LogP) is 4.87. The molecule has 27 heavy (non-hydrogen) atoms. The van der Waals surface area contributed by atoms with Crippen molar-refractivity contribution in [3.05, 3.63) is 62.9 Å². The summed E-state index contributed by atoms with van der Waals surface area (Å²) < 4.78 is 5.79. The minimum atomic E-state index is -0.578. The lowest BCUT2D eigenvalue weighted by Gasteiger charge is -2.25. The molecule has 1 aliphatic rings. The Bertz CT molecular complexity index is 1060. The van der Waals surface area contributed by atoms with Gasteiger partial charge < -0.3 is 4.42 Å². The number of amides is 2. The molecule has 0 radical (unpaired) electrons. The molecule has 0 N–H and O–H groups in total. The van der Waals surface area contributed by atoms with Crippen molar-refractivity contribution >= 4 is 41.1 Å². The van der Waals surface area contributed by atoms with Gasteiger partial charge in [0.05, 0.1) is 10.0 Å². The van der Waals surface area contributed by atoms with Crippen LogP contribution in [0.3, 0.4) is 0 Å². The van der Waals surface area contributed by atoms with Crippen LogP contribution < -0.4 is 0 Å². The van der Waals surface area contributed by atoms with Crippen LogP contribution in [0.25, 0.3) is 17.4 Å². The van der Waals surface area contributed by atoms with Gasteiger partial charge in [0.1, 0.15) is 23.2 Å². The highest BCUT2D eigenvalue weighted by molar-refractivity contribution is 6.43. The molecule has 0 aliphatic carbocycles. The number of furan rings is 1. The zero-order valence-electron chi connectivity index (χ0n) is 14.5. The van der Waals surface area contributed by atoms with Crippen molar-refractivity contribution in [1.82, 2.24) is 4.90 Å². The van der Waals surface area contributed by atoms with E-state index in [1.54, 1.807) is 44.2 Å². The summed E-state index contributed by atoms with van der Waals surface area (Å²) in [4.78, 5) is 25.9. The fourth-order valence-electron chi connectivity index (χ4n) is 2.83. The number of halogens is 2. The highest BCUT2D eigenvalue weighted by Gasteiger charge is 2.34. The average Bonchev–Trinajstić information content (AvgIpc) is 3.10. The molecule has 0 fully saturated rings. The van der Waals surface area contributed by atoms with Gasteiger partial charge in [0.2, 0.25) is 0 Å². The minimum Gasteiger partial charge on any atom is -0.457 e. The lowest BCUT2D eigenvalue weighted by Crippen LogP contribution is -2.42. The molecule has 0 saturated heterocycles. The first-order chi connectivity index (χ1) is 12.9. The number of carbonyl (C=O) groups excluding carboxylic acids is 2. The largest absolute Gasteiger partial charge is 0.457 e. The topological polar surface area (TPSA) is 74.3 Å². The molecular formula is C20H14Cl2N2O3. The van der Waals surface area contributed by atoms with Crippen molar-refractivity contribution < 1.29 is 14.0 Å². The van der Waals surface area contributed by atoms with Crippen LogP contribution in [-0.4, -0.2) is 23.3 Å². The number of imide groups is 1. The van der Waals surface area contributed by atoms with E-state index in [1.807, 2.05) is 6.07 Å². The highest BCUT2D eigenvalue weighted by Crippen LogP contribution is 2.35. The van der Waals surface area contributed by atoms with Gasteiger partial charge in [-0.25, -0.2) is 0 Å². The normalized spacial score (nSPS) is 16.3. The number of hydrogen-bond donors (Lipinski definition) is 0. The summed E-state index contributed by atoms with van der Waals surface area (Å²) in [5.74, 6) is -0.155. The number of rotatable bonds is 3. The summed E-state index contributed by atoms with van der Waals surface area (Å²) in [6, 6.07) is 10.5. The van der Waals surface area contributed by atoms with E-state index in [9.17, 15) is 14.9 Å². The zero-order valence-corrected chi connectivity index (χ0v) is 16.1. The van der Waals surface area contributed by atoms with Crippen molar-refractivity contribution in [2.24, 2.45) is 0 Å². The van der Waals surface area contributed by atoms with Gasteiger partial charge in [-0.1, -0.05) is 29.3 Å². The third-order valence-electron chi connectivity index (χ3n) is 4.27. The molecule has 3 rings (SSSR count). The van der Waals surface area contributed by atoms with Gasteiger partial charge in [0.25, 0.3) is 11.8 Å². The van der Waals surface area contributed by atoms with E-state index in [1.165, 1.54) is 6.08 Å². The number of nitrogens with zero attached hydrogens (tertiary/aromatic N) is 2. The summed E-state index contributed by atoms with van der Waals surface area (Å²) >= 11 is 12.3. The quantitative estimate of drug-likeness (QED) is 0.544. The van der Waals surface area contributed by atoms with Gasteiger partial charge >= 0.3 is 0 Å². The van der Waals surface area contributed by atoms with Crippen molar-refractivity contribution in [2.75, 3.05) is 6.54 Å². The Morgan fingerprint density at radius 1 is 1.19 bits per heavy atom. The lowest BCUT2D eigenvalue weighted by atomic mass is 9.95. The SMILES string of the molecule is CCN1C(=O)C(C#N)=C(C)/C(=C\c2ccc(-c3cccc(Cl)c3Cl)o2)C1=O. The van der Waals surface area contributed by atoms with Crippen molar-refractivity contribution in [3.8, 4) is 17.4 Å². The van der Waals surface area contributed by atoms with Crippen molar-refractivity contribution in [1.29, 1.82) is 5.26 Å². The molecule has 2 aromatic rings. The molecule has 1 aromatic carbocycles. The molecule has 0 atom stereocenters. The summed E-state index contributed by atoms with van der Waals surface area (Å²) in [5, 5.41) is 10.1. The van der Waals surface area contributed by atoms with Crippen LogP contribution in [0, 0.1) is 11.3 Å². The molecule has 1 aromatic heterocycles.